The van der Waals surface area contributed by atoms with Gasteiger partial charge in [-0.2, -0.15) is 5.10 Å². The highest BCUT2D eigenvalue weighted by Crippen LogP contribution is 2.54. The summed E-state index contributed by atoms with van der Waals surface area (Å²) in [6, 6.07) is 55.8. The first kappa shape index (κ1) is 31.6. The second-order valence-electron chi connectivity index (χ2n) is 14.3. The van der Waals surface area contributed by atoms with E-state index in [1.54, 1.807) is 0 Å². The second kappa shape index (κ2) is 12.4. The summed E-state index contributed by atoms with van der Waals surface area (Å²) in [5, 5.41) is 8.78. The Morgan fingerprint density at radius 1 is 0.615 bits per heavy atom. The van der Waals surface area contributed by atoms with Crippen molar-refractivity contribution in [3.8, 4) is 16.8 Å². The molecule has 2 heterocycles. The van der Waals surface area contributed by atoms with Gasteiger partial charge in [0.1, 0.15) is 11.2 Å². The van der Waals surface area contributed by atoms with E-state index in [2.05, 4.69) is 175 Å². The Hall–Kier alpha value is -6.39. The molecule has 4 nitrogen and oxygen atoms in total. The topological polar surface area (TPSA) is 56.4 Å². The molecule has 7 aromatic carbocycles. The summed E-state index contributed by atoms with van der Waals surface area (Å²) < 4.78 is 8.68. The third kappa shape index (κ3) is 5.10. The third-order valence-corrected chi connectivity index (χ3v) is 10.8. The van der Waals surface area contributed by atoms with Crippen LogP contribution in [0, 0.1) is 0 Å². The van der Waals surface area contributed by atoms with Crippen LogP contribution in [0.4, 0.5) is 0 Å². The van der Waals surface area contributed by atoms with Gasteiger partial charge in [0.05, 0.1) is 16.7 Å². The molecular formula is C48H39N3O. The highest BCUT2D eigenvalue weighted by atomic mass is 16.3. The molecule has 0 unspecified atom stereocenters. The van der Waals surface area contributed by atoms with Gasteiger partial charge in [-0.25, -0.2) is 0 Å². The average Bonchev–Trinajstić information content (AvgIpc) is 3.80. The normalized spacial score (nSPS) is 13.3. The van der Waals surface area contributed by atoms with Crippen LogP contribution in [0.5, 0.6) is 0 Å². The number of hydrogen-bond acceptors (Lipinski definition) is 3. The van der Waals surface area contributed by atoms with Crippen LogP contribution in [0.15, 0.2) is 167 Å². The molecule has 1 aliphatic rings. The van der Waals surface area contributed by atoms with Gasteiger partial charge in [0.2, 0.25) is 0 Å². The number of benzene rings is 7. The van der Waals surface area contributed by atoms with E-state index in [-0.39, 0.29) is 5.41 Å². The van der Waals surface area contributed by atoms with Crippen molar-refractivity contribution < 1.29 is 4.42 Å². The minimum Gasteiger partial charge on any atom is -0.456 e. The van der Waals surface area contributed by atoms with E-state index >= 15 is 0 Å². The van der Waals surface area contributed by atoms with Gasteiger partial charge in [-0.1, -0.05) is 129 Å². The maximum absolute atomic E-state index is 6.30. The molecule has 52 heavy (non-hydrogen) atoms. The van der Waals surface area contributed by atoms with Gasteiger partial charge in [0.25, 0.3) is 0 Å². The van der Waals surface area contributed by atoms with Crippen LogP contribution in [-0.4, -0.2) is 10.3 Å². The Labute approximate surface area is 303 Å². The van der Waals surface area contributed by atoms with Crippen LogP contribution in [0.3, 0.4) is 0 Å². The van der Waals surface area contributed by atoms with Crippen LogP contribution in [0.1, 0.15) is 48.6 Å². The molecule has 9 aromatic rings. The molecule has 2 N–H and O–H groups in total. The Balaban J connectivity index is 0.000000234. The maximum atomic E-state index is 6.30. The minimum absolute atomic E-state index is 0.190. The largest absolute Gasteiger partial charge is 0.456 e. The molecule has 0 radical (unpaired) electrons. The van der Waals surface area contributed by atoms with Crippen LogP contribution in [0.25, 0.3) is 60.6 Å². The number of hydrazone groups is 1. The number of furan rings is 1. The van der Waals surface area contributed by atoms with E-state index in [4.69, 9.17) is 10.3 Å². The monoisotopic (exact) mass is 673 g/mol. The van der Waals surface area contributed by atoms with Crippen molar-refractivity contribution in [3.05, 3.63) is 186 Å². The Morgan fingerprint density at radius 2 is 1.25 bits per heavy atom. The molecule has 0 amide bonds. The number of nitrogens with two attached hydrogens (primary N) is 1. The summed E-state index contributed by atoms with van der Waals surface area (Å²) >= 11 is 0. The molecule has 10 rings (SSSR count). The molecule has 4 heteroatoms. The first-order chi connectivity index (χ1) is 25.4. The Morgan fingerprint density at radius 3 is 1.94 bits per heavy atom. The van der Waals surface area contributed by atoms with Crippen molar-refractivity contribution in [1.82, 2.24) is 4.57 Å². The summed E-state index contributed by atoms with van der Waals surface area (Å²) in [4.78, 5) is 0. The van der Waals surface area contributed by atoms with Crippen molar-refractivity contribution in [2.45, 2.75) is 32.6 Å². The number of nitrogens with zero attached hydrogens (tertiary/aromatic N) is 2. The van der Waals surface area contributed by atoms with Gasteiger partial charge < -0.3 is 14.8 Å². The van der Waals surface area contributed by atoms with Crippen LogP contribution in [-0.2, 0) is 11.8 Å². The Bertz CT molecular complexity index is 2750. The number of fused-ring (bicyclic) bond motifs is 10. The van der Waals surface area contributed by atoms with E-state index in [9.17, 15) is 0 Å². The van der Waals surface area contributed by atoms with E-state index in [0.717, 1.165) is 39.9 Å². The fourth-order valence-corrected chi connectivity index (χ4v) is 8.21. The van der Waals surface area contributed by atoms with Gasteiger partial charge in [-0.15, -0.1) is 0 Å². The van der Waals surface area contributed by atoms with Crippen molar-refractivity contribution in [2.75, 3.05) is 0 Å². The molecule has 0 bridgehead atoms. The molecule has 252 valence electrons. The molecule has 0 saturated heterocycles. The van der Waals surface area contributed by atoms with Gasteiger partial charge >= 0.3 is 0 Å². The number of aromatic nitrogens is 1. The second-order valence-corrected chi connectivity index (χ2v) is 14.3. The highest BCUT2D eigenvalue weighted by molar-refractivity contribution is 6.15. The van der Waals surface area contributed by atoms with E-state index in [1.165, 1.54) is 60.6 Å². The highest BCUT2D eigenvalue weighted by Gasteiger charge is 2.39. The molecular weight excluding hydrogens is 635 g/mol. The molecule has 2 aromatic heterocycles. The van der Waals surface area contributed by atoms with Gasteiger partial charge in [0.15, 0.2) is 0 Å². The number of rotatable bonds is 4. The Kier molecular flexibility index (Phi) is 7.55. The van der Waals surface area contributed by atoms with Crippen molar-refractivity contribution in [3.63, 3.8) is 0 Å². The quantitative estimate of drug-likeness (QED) is 0.115. The fraction of sp³-hybridized carbons (Fsp3) is 0.104. The van der Waals surface area contributed by atoms with Crippen LogP contribution in [0.2, 0.25) is 0 Å². The third-order valence-electron chi connectivity index (χ3n) is 10.8. The van der Waals surface area contributed by atoms with E-state index < -0.39 is 0 Å². The predicted molar refractivity (Wildman–Crippen MR) is 218 cm³/mol. The summed E-state index contributed by atoms with van der Waals surface area (Å²) in [5.74, 6) is 5.53. The van der Waals surface area contributed by atoms with E-state index in [0.29, 0.717) is 0 Å². The van der Waals surface area contributed by atoms with Crippen LogP contribution >= 0.6 is 0 Å². The molecule has 0 fully saturated rings. The fourth-order valence-electron chi connectivity index (χ4n) is 8.21. The smallest absolute Gasteiger partial charge is 0.135 e. The molecule has 0 aliphatic heterocycles. The predicted octanol–water partition coefficient (Wildman–Crippen LogP) is 11.9. The van der Waals surface area contributed by atoms with Crippen LogP contribution < -0.4 is 5.84 Å². The van der Waals surface area contributed by atoms with Gasteiger partial charge in [0, 0.05) is 32.6 Å². The summed E-state index contributed by atoms with van der Waals surface area (Å²) in [6.45, 7) is 6.63. The van der Waals surface area contributed by atoms with Crippen molar-refractivity contribution in [1.29, 1.82) is 0 Å². The standard InChI is InChI=1S/C35H27N3O.C13H12/c1-20(37-36)21-12-14-22(15-13-21)38-29-10-6-4-9-25(29)33-30(38)17-16-24-26-18-27-23-8-5-7-11-31(23)39-32(27)19-28(26)35(2,3)34(24)33;1-3-7-12(8-4-1)11-13-9-5-2-6-10-13/h4-19H,36H2,1-3H3;1-10H,11H2/b37-20+;. The zero-order chi connectivity index (χ0) is 35.4. The van der Waals surface area contributed by atoms with Gasteiger partial charge in [-0.3, -0.25) is 0 Å². The van der Waals surface area contributed by atoms with Crippen molar-refractivity contribution >= 4 is 49.5 Å². The summed E-state index contributed by atoms with van der Waals surface area (Å²) in [5.41, 5.74) is 15.1. The number of hydrogen-bond donors (Lipinski definition) is 1. The molecule has 0 spiro atoms. The maximum Gasteiger partial charge on any atom is 0.135 e. The lowest BCUT2D eigenvalue weighted by molar-refractivity contribution is 0.650. The lowest BCUT2D eigenvalue weighted by Crippen LogP contribution is -2.15. The molecule has 0 atom stereocenters. The average molecular weight is 674 g/mol. The lowest BCUT2D eigenvalue weighted by atomic mass is 9.80. The number of para-hydroxylation sites is 2. The zero-order valence-corrected chi connectivity index (χ0v) is 29.6. The van der Waals surface area contributed by atoms with E-state index in [1.807, 2.05) is 13.0 Å². The lowest BCUT2D eigenvalue weighted by Gasteiger charge is -2.22. The SMILES string of the molecule is C/C(=N\N)c1ccc(-n2c3ccccc3c3c4c(ccc32)-c2cc3c(cc2C4(C)C)oc2ccccc23)cc1.c1ccc(Cc2ccccc2)cc1. The van der Waals surface area contributed by atoms with Crippen molar-refractivity contribution in [2.24, 2.45) is 10.9 Å². The summed E-state index contributed by atoms with van der Waals surface area (Å²) in [6.07, 6.45) is 1.03. The molecule has 0 saturated carbocycles. The minimum atomic E-state index is -0.190. The first-order valence-corrected chi connectivity index (χ1v) is 17.9. The summed E-state index contributed by atoms with van der Waals surface area (Å²) in [7, 11) is 0. The zero-order valence-electron chi connectivity index (χ0n) is 29.6. The van der Waals surface area contributed by atoms with Gasteiger partial charge in [-0.05, 0) is 94.8 Å². The first-order valence-electron chi connectivity index (χ1n) is 17.9. The molecule has 1 aliphatic carbocycles.